The standard InChI is InChI=1S/C30H34N4O5/c1-36-14-3-12-34-13-15-37-27-11-6-21(16-25(27)34)20-38-28-19-32-18-26(35)30(28)22-7-9-24(10-8-22)39-29-5-2-4-23(17-31)33-29/h2,4-11,16,26,28,30,32,35H,3,12-15,18-20H2,1H3. The number of rotatable bonds is 10. The van der Waals surface area contributed by atoms with Crippen LogP contribution in [0, 0.1) is 11.3 Å². The fraction of sp³-hybridized carbons (Fsp3) is 0.400. The molecule has 0 aliphatic carbocycles. The smallest absolute Gasteiger partial charge is 0.220 e. The fourth-order valence-corrected chi connectivity index (χ4v) is 5.13. The molecule has 3 heterocycles. The van der Waals surface area contributed by atoms with Gasteiger partial charge in [-0.05, 0) is 47.9 Å². The van der Waals surface area contributed by atoms with Crippen LogP contribution in [0.4, 0.5) is 5.69 Å². The van der Waals surface area contributed by atoms with E-state index in [0.29, 0.717) is 43.6 Å². The van der Waals surface area contributed by atoms with Gasteiger partial charge in [0.25, 0.3) is 0 Å². The Morgan fingerprint density at radius 2 is 2.03 bits per heavy atom. The van der Waals surface area contributed by atoms with Crippen molar-refractivity contribution in [2.45, 2.75) is 31.2 Å². The van der Waals surface area contributed by atoms with E-state index < -0.39 is 6.10 Å². The number of anilines is 1. The second-order valence-corrected chi connectivity index (χ2v) is 9.73. The molecule has 1 aromatic heterocycles. The Bertz CT molecular complexity index is 1280. The zero-order chi connectivity index (χ0) is 27.0. The molecule has 5 rings (SSSR count). The molecule has 3 atom stereocenters. The van der Waals surface area contributed by atoms with Gasteiger partial charge in [-0.1, -0.05) is 24.3 Å². The van der Waals surface area contributed by atoms with E-state index in [1.165, 1.54) is 0 Å². The summed E-state index contributed by atoms with van der Waals surface area (Å²) < 4.78 is 23.3. The molecule has 2 aliphatic heterocycles. The number of benzene rings is 2. The summed E-state index contributed by atoms with van der Waals surface area (Å²) in [7, 11) is 1.73. The minimum absolute atomic E-state index is 0.188. The predicted octanol–water partition coefficient (Wildman–Crippen LogP) is 3.61. The Morgan fingerprint density at radius 1 is 1.15 bits per heavy atom. The van der Waals surface area contributed by atoms with Gasteiger partial charge in [-0.15, -0.1) is 0 Å². The Balaban J connectivity index is 1.25. The maximum absolute atomic E-state index is 10.9. The highest BCUT2D eigenvalue weighted by Gasteiger charge is 2.34. The van der Waals surface area contributed by atoms with Crippen LogP contribution in [-0.4, -0.2) is 68.8 Å². The van der Waals surface area contributed by atoms with Crippen molar-refractivity contribution >= 4 is 5.69 Å². The van der Waals surface area contributed by atoms with Crippen molar-refractivity contribution in [3.05, 3.63) is 77.5 Å². The molecule has 0 amide bonds. The summed E-state index contributed by atoms with van der Waals surface area (Å²) in [5, 5.41) is 23.2. The topological polar surface area (TPSA) is 109 Å². The minimum Gasteiger partial charge on any atom is -0.490 e. The van der Waals surface area contributed by atoms with Crippen molar-refractivity contribution in [2.75, 3.05) is 51.4 Å². The Labute approximate surface area is 228 Å². The molecule has 1 fully saturated rings. The number of fused-ring (bicyclic) bond motifs is 1. The largest absolute Gasteiger partial charge is 0.490 e. The molecular weight excluding hydrogens is 496 g/mol. The zero-order valence-electron chi connectivity index (χ0n) is 22.1. The lowest BCUT2D eigenvalue weighted by Crippen LogP contribution is -2.49. The van der Waals surface area contributed by atoms with Gasteiger partial charge < -0.3 is 34.3 Å². The first-order valence-electron chi connectivity index (χ1n) is 13.3. The van der Waals surface area contributed by atoms with Crippen LogP contribution in [0.25, 0.3) is 0 Å². The quantitative estimate of drug-likeness (QED) is 0.380. The molecule has 39 heavy (non-hydrogen) atoms. The van der Waals surface area contributed by atoms with Crippen molar-refractivity contribution in [3.63, 3.8) is 0 Å². The van der Waals surface area contributed by atoms with Crippen molar-refractivity contribution in [3.8, 4) is 23.4 Å². The first-order chi connectivity index (χ1) is 19.1. The van der Waals surface area contributed by atoms with E-state index in [1.807, 2.05) is 42.5 Å². The molecule has 1 saturated heterocycles. The third kappa shape index (κ3) is 6.67. The number of piperidine rings is 1. The second kappa shape index (κ2) is 12.9. The van der Waals surface area contributed by atoms with Crippen molar-refractivity contribution in [1.29, 1.82) is 5.26 Å². The summed E-state index contributed by atoms with van der Waals surface area (Å²) >= 11 is 0. The van der Waals surface area contributed by atoms with Gasteiger partial charge in [0.2, 0.25) is 5.88 Å². The molecule has 204 valence electrons. The maximum Gasteiger partial charge on any atom is 0.220 e. The molecule has 0 saturated carbocycles. The Kier molecular flexibility index (Phi) is 8.91. The number of nitrogens with zero attached hydrogens (tertiary/aromatic N) is 3. The highest BCUT2D eigenvalue weighted by atomic mass is 16.5. The first kappa shape index (κ1) is 26.9. The molecule has 9 nitrogen and oxygen atoms in total. The summed E-state index contributed by atoms with van der Waals surface area (Å²) in [6.45, 7) is 4.73. The average Bonchev–Trinajstić information content (AvgIpc) is 2.97. The van der Waals surface area contributed by atoms with Gasteiger partial charge in [-0.2, -0.15) is 5.26 Å². The highest BCUT2D eigenvalue weighted by Crippen LogP contribution is 2.34. The lowest BCUT2D eigenvalue weighted by molar-refractivity contribution is -0.0328. The number of hydrogen-bond acceptors (Lipinski definition) is 9. The normalized spacial score (nSPS) is 20.5. The predicted molar refractivity (Wildman–Crippen MR) is 146 cm³/mol. The summed E-state index contributed by atoms with van der Waals surface area (Å²) in [5.41, 5.74) is 3.42. The first-order valence-corrected chi connectivity index (χ1v) is 13.3. The van der Waals surface area contributed by atoms with Gasteiger partial charge >= 0.3 is 0 Å². The number of nitrogens with one attached hydrogen (secondary N) is 1. The Hall–Kier alpha value is -3.68. The van der Waals surface area contributed by atoms with Gasteiger partial charge in [0.05, 0.1) is 31.0 Å². The van der Waals surface area contributed by atoms with Gasteiger partial charge in [0.15, 0.2) is 0 Å². The van der Waals surface area contributed by atoms with Crippen LogP contribution in [0.2, 0.25) is 0 Å². The SMILES string of the molecule is COCCCN1CCOc2ccc(COC3CNCC(O)C3c3ccc(Oc4cccc(C#N)n4)cc3)cc21. The van der Waals surface area contributed by atoms with E-state index in [1.54, 1.807) is 25.3 Å². The third-order valence-corrected chi connectivity index (χ3v) is 7.06. The van der Waals surface area contributed by atoms with Crippen molar-refractivity contribution in [2.24, 2.45) is 0 Å². The molecular formula is C30H34N4O5. The zero-order valence-corrected chi connectivity index (χ0v) is 22.1. The molecule has 0 radical (unpaired) electrons. The van der Waals surface area contributed by atoms with Crippen LogP contribution in [-0.2, 0) is 16.1 Å². The number of aromatic nitrogens is 1. The molecule has 2 aromatic carbocycles. The van der Waals surface area contributed by atoms with Crippen LogP contribution in [0.15, 0.2) is 60.7 Å². The van der Waals surface area contributed by atoms with Crippen LogP contribution in [0.3, 0.4) is 0 Å². The monoisotopic (exact) mass is 530 g/mol. The molecule has 0 bridgehead atoms. The van der Waals surface area contributed by atoms with Crippen LogP contribution in [0.5, 0.6) is 17.4 Å². The van der Waals surface area contributed by atoms with E-state index >= 15 is 0 Å². The third-order valence-electron chi connectivity index (χ3n) is 7.06. The lowest BCUT2D eigenvalue weighted by Gasteiger charge is -2.36. The maximum atomic E-state index is 10.9. The molecule has 3 unspecified atom stereocenters. The van der Waals surface area contributed by atoms with Gasteiger partial charge in [0, 0.05) is 45.3 Å². The average molecular weight is 531 g/mol. The van der Waals surface area contributed by atoms with Gasteiger partial charge in [-0.3, -0.25) is 0 Å². The summed E-state index contributed by atoms with van der Waals surface area (Å²) in [6.07, 6.45) is 0.161. The Morgan fingerprint density at radius 3 is 2.85 bits per heavy atom. The number of β-amino-alcohol motifs (C(OH)–C–C–N with tert-alkyl or cyclic N) is 1. The summed E-state index contributed by atoms with van der Waals surface area (Å²) in [4.78, 5) is 6.50. The number of methoxy groups -OCH3 is 1. The minimum atomic E-state index is -0.585. The number of aliphatic hydroxyl groups is 1. The summed E-state index contributed by atoms with van der Waals surface area (Å²) in [6, 6.07) is 20.9. The number of hydrogen-bond donors (Lipinski definition) is 2. The number of pyridine rings is 1. The van der Waals surface area contributed by atoms with E-state index in [4.69, 9.17) is 24.2 Å². The van der Waals surface area contributed by atoms with E-state index in [-0.39, 0.29) is 12.0 Å². The molecule has 2 aliphatic rings. The molecule has 3 aromatic rings. The molecule has 9 heteroatoms. The number of nitriles is 1. The van der Waals surface area contributed by atoms with Crippen molar-refractivity contribution < 1.29 is 24.1 Å². The van der Waals surface area contributed by atoms with E-state index in [2.05, 4.69) is 21.3 Å². The van der Waals surface area contributed by atoms with Crippen LogP contribution < -0.4 is 19.7 Å². The van der Waals surface area contributed by atoms with Gasteiger partial charge in [0.1, 0.15) is 29.9 Å². The van der Waals surface area contributed by atoms with Crippen LogP contribution >= 0.6 is 0 Å². The number of ether oxygens (including phenoxy) is 4. The fourth-order valence-electron chi connectivity index (χ4n) is 5.13. The van der Waals surface area contributed by atoms with E-state index in [0.717, 1.165) is 48.7 Å². The van der Waals surface area contributed by atoms with E-state index in [9.17, 15) is 5.11 Å². The van der Waals surface area contributed by atoms with Crippen molar-refractivity contribution in [1.82, 2.24) is 10.3 Å². The summed E-state index contributed by atoms with van der Waals surface area (Å²) in [5.74, 6) is 1.67. The van der Waals surface area contributed by atoms with Gasteiger partial charge in [-0.25, -0.2) is 4.98 Å². The lowest BCUT2D eigenvalue weighted by atomic mass is 9.85. The van der Waals surface area contributed by atoms with Crippen LogP contribution in [0.1, 0.15) is 29.2 Å². The second-order valence-electron chi connectivity index (χ2n) is 9.73. The highest BCUT2D eigenvalue weighted by molar-refractivity contribution is 5.61. The molecule has 2 N–H and O–H groups in total. The molecule has 0 spiro atoms. The number of aliphatic hydroxyl groups excluding tert-OH is 1.